The van der Waals surface area contributed by atoms with Crippen molar-refractivity contribution in [3.8, 4) is 5.75 Å². The SMILES string of the molecule is CN=C(NCc1cccc(OCCN(C)CCOC)c1)N1CCC(C)CC1.I. The van der Waals surface area contributed by atoms with Crippen LogP contribution in [0.5, 0.6) is 5.75 Å². The Morgan fingerprint density at radius 3 is 2.64 bits per heavy atom. The molecule has 0 radical (unpaired) electrons. The zero-order valence-corrected chi connectivity index (χ0v) is 20.1. The molecule has 7 heteroatoms. The molecule has 160 valence electrons. The van der Waals surface area contributed by atoms with Crippen molar-refractivity contribution in [1.82, 2.24) is 15.1 Å². The van der Waals surface area contributed by atoms with E-state index in [9.17, 15) is 0 Å². The molecule has 1 heterocycles. The molecule has 1 N–H and O–H groups in total. The van der Waals surface area contributed by atoms with Gasteiger partial charge in [0.15, 0.2) is 5.96 Å². The lowest BCUT2D eigenvalue weighted by Crippen LogP contribution is -2.45. The first-order chi connectivity index (χ1) is 13.1. The molecule has 1 fully saturated rings. The third-order valence-electron chi connectivity index (χ3n) is 5.06. The number of halogens is 1. The van der Waals surface area contributed by atoms with E-state index in [-0.39, 0.29) is 24.0 Å². The maximum Gasteiger partial charge on any atom is 0.193 e. The molecule has 1 aliphatic rings. The summed E-state index contributed by atoms with van der Waals surface area (Å²) in [6.45, 7) is 8.46. The van der Waals surface area contributed by atoms with Gasteiger partial charge in [0.2, 0.25) is 0 Å². The number of guanidine groups is 1. The highest BCUT2D eigenvalue weighted by atomic mass is 127. The van der Waals surface area contributed by atoms with Crippen LogP contribution in [0, 0.1) is 5.92 Å². The summed E-state index contributed by atoms with van der Waals surface area (Å²) < 4.78 is 11.0. The summed E-state index contributed by atoms with van der Waals surface area (Å²) in [5, 5.41) is 3.49. The van der Waals surface area contributed by atoms with Gasteiger partial charge in [-0.25, -0.2) is 0 Å². The number of hydrogen-bond donors (Lipinski definition) is 1. The Kier molecular flexibility index (Phi) is 12.5. The summed E-state index contributed by atoms with van der Waals surface area (Å²) in [5.41, 5.74) is 1.20. The van der Waals surface area contributed by atoms with Gasteiger partial charge in [0.25, 0.3) is 0 Å². The van der Waals surface area contributed by atoms with E-state index in [4.69, 9.17) is 9.47 Å². The molecule has 1 saturated heterocycles. The summed E-state index contributed by atoms with van der Waals surface area (Å²) in [4.78, 5) is 9.02. The highest BCUT2D eigenvalue weighted by molar-refractivity contribution is 14.0. The molecule has 1 aromatic carbocycles. The number of hydrogen-bond acceptors (Lipinski definition) is 4. The van der Waals surface area contributed by atoms with Crippen LogP contribution in [-0.2, 0) is 11.3 Å². The summed E-state index contributed by atoms with van der Waals surface area (Å²) in [5.74, 6) is 2.73. The number of benzene rings is 1. The number of methoxy groups -OCH3 is 1. The average molecular weight is 504 g/mol. The zero-order chi connectivity index (χ0) is 19.5. The van der Waals surface area contributed by atoms with E-state index >= 15 is 0 Å². The molecule has 0 unspecified atom stereocenters. The number of nitrogens with one attached hydrogen (secondary N) is 1. The summed E-state index contributed by atoms with van der Waals surface area (Å²) in [7, 11) is 5.67. The normalized spacial score (nSPS) is 15.5. The Bertz CT molecular complexity index is 577. The van der Waals surface area contributed by atoms with Gasteiger partial charge in [-0.3, -0.25) is 4.99 Å². The molecule has 0 bridgehead atoms. The Labute approximate surface area is 187 Å². The lowest BCUT2D eigenvalue weighted by Gasteiger charge is -2.32. The molecule has 1 aliphatic heterocycles. The largest absolute Gasteiger partial charge is 0.492 e. The van der Waals surface area contributed by atoms with Gasteiger partial charge < -0.3 is 24.6 Å². The lowest BCUT2D eigenvalue weighted by atomic mass is 10.00. The molecule has 28 heavy (non-hydrogen) atoms. The summed E-state index contributed by atoms with van der Waals surface area (Å²) in [6.07, 6.45) is 2.48. The molecule has 1 aromatic rings. The standard InChI is InChI=1S/C21H36N4O2.HI/c1-18-8-10-25(11-9-18)21(22-2)23-17-19-6-5-7-20(16-19)27-15-13-24(3)12-14-26-4;/h5-7,16,18H,8-15,17H2,1-4H3,(H,22,23);1H. The van der Waals surface area contributed by atoms with Crippen molar-refractivity contribution in [2.24, 2.45) is 10.9 Å². The van der Waals surface area contributed by atoms with E-state index in [2.05, 4.69) is 46.2 Å². The second kappa shape index (κ2) is 14.0. The monoisotopic (exact) mass is 504 g/mol. The zero-order valence-electron chi connectivity index (χ0n) is 17.8. The fourth-order valence-electron chi connectivity index (χ4n) is 3.16. The Morgan fingerprint density at radius 2 is 1.96 bits per heavy atom. The van der Waals surface area contributed by atoms with Crippen molar-refractivity contribution in [3.05, 3.63) is 29.8 Å². The van der Waals surface area contributed by atoms with Crippen LogP contribution in [0.1, 0.15) is 25.3 Å². The molecule has 0 aromatic heterocycles. The molecule has 0 atom stereocenters. The number of likely N-dealkylation sites (tertiary alicyclic amines) is 1. The van der Waals surface area contributed by atoms with Crippen molar-refractivity contribution < 1.29 is 9.47 Å². The average Bonchev–Trinajstić information content (AvgIpc) is 2.68. The van der Waals surface area contributed by atoms with Crippen LogP contribution in [0.4, 0.5) is 0 Å². The predicted octanol–water partition coefficient (Wildman–Crippen LogP) is 3.07. The highest BCUT2D eigenvalue weighted by Gasteiger charge is 2.18. The fourth-order valence-corrected chi connectivity index (χ4v) is 3.16. The Balaban J connectivity index is 0.00000392. The first-order valence-electron chi connectivity index (χ1n) is 9.97. The minimum Gasteiger partial charge on any atom is -0.492 e. The maximum absolute atomic E-state index is 5.91. The number of piperidine rings is 1. The van der Waals surface area contributed by atoms with E-state index in [1.54, 1.807) is 7.11 Å². The molecule has 0 saturated carbocycles. The van der Waals surface area contributed by atoms with Crippen molar-refractivity contribution in [2.45, 2.75) is 26.3 Å². The number of nitrogens with zero attached hydrogens (tertiary/aromatic N) is 3. The second-order valence-corrected chi connectivity index (χ2v) is 7.36. The van der Waals surface area contributed by atoms with Crippen LogP contribution >= 0.6 is 24.0 Å². The molecule has 0 aliphatic carbocycles. The third-order valence-corrected chi connectivity index (χ3v) is 5.06. The first kappa shape index (κ1) is 25.0. The Hall–Kier alpha value is -1.06. The van der Waals surface area contributed by atoms with Gasteiger partial charge in [-0.2, -0.15) is 0 Å². The van der Waals surface area contributed by atoms with Crippen molar-refractivity contribution in [3.63, 3.8) is 0 Å². The lowest BCUT2D eigenvalue weighted by molar-refractivity contribution is 0.150. The number of aliphatic imine (C=N–C) groups is 1. The van der Waals surface area contributed by atoms with Gasteiger partial charge in [0, 0.05) is 46.9 Å². The van der Waals surface area contributed by atoms with Crippen molar-refractivity contribution in [2.75, 3.05) is 60.6 Å². The Morgan fingerprint density at radius 1 is 1.25 bits per heavy atom. The number of rotatable bonds is 9. The number of likely N-dealkylation sites (N-methyl/N-ethyl adjacent to an activating group) is 1. The van der Waals surface area contributed by atoms with E-state index in [0.717, 1.165) is 57.0 Å². The molecule has 6 nitrogen and oxygen atoms in total. The van der Waals surface area contributed by atoms with Crippen LogP contribution in [0.25, 0.3) is 0 Å². The van der Waals surface area contributed by atoms with E-state index in [1.165, 1.54) is 18.4 Å². The van der Waals surface area contributed by atoms with Gasteiger partial charge in [-0.15, -0.1) is 24.0 Å². The summed E-state index contributed by atoms with van der Waals surface area (Å²) in [6, 6.07) is 8.29. The summed E-state index contributed by atoms with van der Waals surface area (Å²) >= 11 is 0. The third kappa shape index (κ3) is 8.96. The van der Waals surface area contributed by atoms with Crippen LogP contribution in [0.2, 0.25) is 0 Å². The van der Waals surface area contributed by atoms with Gasteiger partial charge in [0.1, 0.15) is 12.4 Å². The van der Waals surface area contributed by atoms with Crippen LogP contribution < -0.4 is 10.1 Å². The molecular weight excluding hydrogens is 467 g/mol. The molecule has 0 amide bonds. The van der Waals surface area contributed by atoms with Gasteiger partial charge in [0.05, 0.1) is 6.61 Å². The molecule has 2 rings (SSSR count). The number of ether oxygens (including phenoxy) is 2. The second-order valence-electron chi connectivity index (χ2n) is 7.36. The van der Waals surface area contributed by atoms with Gasteiger partial charge in [-0.1, -0.05) is 19.1 Å². The fraction of sp³-hybridized carbons (Fsp3) is 0.667. The predicted molar refractivity (Wildman–Crippen MR) is 127 cm³/mol. The van der Waals surface area contributed by atoms with Crippen molar-refractivity contribution >= 4 is 29.9 Å². The van der Waals surface area contributed by atoms with Crippen LogP contribution in [0.3, 0.4) is 0 Å². The molecule has 0 spiro atoms. The quantitative estimate of drug-likeness (QED) is 0.318. The highest BCUT2D eigenvalue weighted by Crippen LogP contribution is 2.16. The topological polar surface area (TPSA) is 49.3 Å². The van der Waals surface area contributed by atoms with E-state index < -0.39 is 0 Å². The minimum absolute atomic E-state index is 0. The van der Waals surface area contributed by atoms with Gasteiger partial charge >= 0.3 is 0 Å². The minimum atomic E-state index is 0. The smallest absolute Gasteiger partial charge is 0.193 e. The van der Waals surface area contributed by atoms with E-state index in [0.29, 0.717) is 6.61 Å². The maximum atomic E-state index is 5.91. The molecular formula is C21H37IN4O2. The van der Waals surface area contributed by atoms with E-state index in [1.807, 2.05) is 19.2 Å². The first-order valence-corrected chi connectivity index (χ1v) is 9.97. The van der Waals surface area contributed by atoms with Crippen LogP contribution in [0.15, 0.2) is 29.3 Å². The van der Waals surface area contributed by atoms with Crippen LogP contribution in [-0.4, -0.2) is 76.4 Å². The van der Waals surface area contributed by atoms with Gasteiger partial charge in [-0.05, 0) is 43.5 Å². The van der Waals surface area contributed by atoms with Crippen molar-refractivity contribution in [1.29, 1.82) is 0 Å².